The second kappa shape index (κ2) is 6.59. The van der Waals surface area contributed by atoms with E-state index < -0.39 is 0 Å². The van der Waals surface area contributed by atoms with Crippen LogP contribution < -0.4 is 10.3 Å². The molecule has 1 aliphatic heterocycles. The van der Waals surface area contributed by atoms with Crippen LogP contribution in [0.25, 0.3) is 11.4 Å². The Balaban J connectivity index is 1.95. The summed E-state index contributed by atoms with van der Waals surface area (Å²) < 4.78 is 6.93. The number of benzene rings is 2. The van der Waals surface area contributed by atoms with Crippen LogP contribution in [0.3, 0.4) is 0 Å². The summed E-state index contributed by atoms with van der Waals surface area (Å²) in [6.45, 7) is 2.09. The van der Waals surface area contributed by atoms with Gasteiger partial charge in [0.2, 0.25) is 11.8 Å². The van der Waals surface area contributed by atoms with Gasteiger partial charge in [0.25, 0.3) is 5.56 Å². The molecule has 130 valence electrons. The van der Waals surface area contributed by atoms with Crippen molar-refractivity contribution >= 4 is 5.91 Å². The molecule has 2 aromatic carbocycles. The number of ether oxygens (including phenoxy) is 1. The minimum absolute atomic E-state index is 0.216. The predicted molar refractivity (Wildman–Crippen MR) is 98.6 cm³/mol. The molecule has 0 saturated heterocycles. The Labute approximate surface area is 150 Å². The van der Waals surface area contributed by atoms with E-state index in [2.05, 4.69) is 4.98 Å². The Bertz CT molecular complexity index is 1010. The van der Waals surface area contributed by atoms with Crippen molar-refractivity contribution in [1.82, 2.24) is 9.55 Å². The zero-order valence-corrected chi connectivity index (χ0v) is 14.4. The first kappa shape index (κ1) is 16.3. The van der Waals surface area contributed by atoms with E-state index in [4.69, 9.17) is 4.74 Å². The van der Waals surface area contributed by atoms with Gasteiger partial charge in [0.1, 0.15) is 6.61 Å². The van der Waals surface area contributed by atoms with Crippen LogP contribution in [0.4, 0.5) is 0 Å². The van der Waals surface area contributed by atoms with Crippen LogP contribution in [0.2, 0.25) is 0 Å². The molecule has 0 aliphatic carbocycles. The fourth-order valence-corrected chi connectivity index (χ4v) is 3.29. The quantitative estimate of drug-likeness (QED) is 0.728. The smallest absolute Gasteiger partial charge is 0.268 e. The Morgan fingerprint density at radius 3 is 2.42 bits per heavy atom. The maximum Gasteiger partial charge on any atom is 0.268 e. The molecule has 0 unspecified atom stereocenters. The molecular weight excluding hydrogens is 328 g/mol. The summed E-state index contributed by atoms with van der Waals surface area (Å²) in [5, 5.41) is 0. The van der Waals surface area contributed by atoms with Gasteiger partial charge in [0.15, 0.2) is 5.82 Å². The summed E-state index contributed by atoms with van der Waals surface area (Å²) in [6, 6.07) is 18.9. The number of carbonyl (C=O) groups excluding carboxylic acids is 1. The second-order valence-electron chi connectivity index (χ2n) is 6.18. The Morgan fingerprint density at radius 2 is 1.77 bits per heavy atom. The van der Waals surface area contributed by atoms with Gasteiger partial charge in [-0.3, -0.25) is 9.59 Å². The minimum Gasteiger partial charge on any atom is -0.476 e. The molecule has 1 aliphatic rings. The van der Waals surface area contributed by atoms with E-state index in [1.807, 2.05) is 60.7 Å². The van der Waals surface area contributed by atoms with E-state index >= 15 is 0 Å². The zero-order chi connectivity index (χ0) is 18.1. The molecule has 4 rings (SSSR count). The summed E-state index contributed by atoms with van der Waals surface area (Å²) in [5.41, 5.74) is 1.80. The van der Waals surface area contributed by atoms with Crippen molar-refractivity contribution in [3.05, 3.63) is 82.1 Å². The first-order valence-electron chi connectivity index (χ1n) is 8.64. The molecule has 3 aromatic rings. The highest BCUT2D eigenvalue weighted by molar-refractivity contribution is 5.83. The maximum atomic E-state index is 13.3. The standard InChI is InChI=1S/C21H18N2O3/c1-2-17(24)23-19(15-11-7-4-8-12-15)22-20-18(21(23)25)16(13-26-20)14-9-5-3-6-10-14/h3-12,16H,2,13H2,1H3/t16-/m0/s1. The average molecular weight is 346 g/mol. The van der Waals surface area contributed by atoms with Crippen molar-refractivity contribution in [1.29, 1.82) is 0 Å². The van der Waals surface area contributed by atoms with Crippen LogP contribution >= 0.6 is 0 Å². The average Bonchev–Trinajstić information content (AvgIpc) is 3.13. The summed E-state index contributed by atoms with van der Waals surface area (Å²) in [5.74, 6) is 0.160. The molecule has 2 heterocycles. The van der Waals surface area contributed by atoms with Gasteiger partial charge in [0.05, 0.1) is 11.5 Å². The number of hydrogen-bond acceptors (Lipinski definition) is 4. The van der Waals surface area contributed by atoms with Crippen molar-refractivity contribution in [2.24, 2.45) is 0 Å². The van der Waals surface area contributed by atoms with E-state index in [0.717, 1.165) is 5.56 Å². The summed E-state index contributed by atoms with van der Waals surface area (Å²) in [4.78, 5) is 30.4. The lowest BCUT2D eigenvalue weighted by Gasteiger charge is -2.13. The fraction of sp³-hybridized carbons (Fsp3) is 0.190. The van der Waals surface area contributed by atoms with E-state index in [-0.39, 0.29) is 23.8 Å². The highest BCUT2D eigenvalue weighted by Crippen LogP contribution is 2.35. The maximum absolute atomic E-state index is 13.3. The lowest BCUT2D eigenvalue weighted by molar-refractivity contribution is 0.0905. The number of nitrogens with zero attached hydrogens (tertiary/aromatic N) is 2. The third-order valence-electron chi connectivity index (χ3n) is 4.60. The van der Waals surface area contributed by atoms with Crippen LogP contribution in [0.15, 0.2) is 65.5 Å². The highest BCUT2D eigenvalue weighted by Gasteiger charge is 2.33. The molecule has 0 radical (unpaired) electrons. The molecule has 0 amide bonds. The molecule has 1 aromatic heterocycles. The third-order valence-corrected chi connectivity index (χ3v) is 4.60. The zero-order valence-electron chi connectivity index (χ0n) is 14.4. The van der Waals surface area contributed by atoms with Crippen LogP contribution in [-0.4, -0.2) is 22.1 Å². The molecule has 5 heteroatoms. The number of carbonyl (C=O) groups is 1. The summed E-state index contributed by atoms with van der Waals surface area (Å²) in [6.07, 6.45) is 0.219. The lowest BCUT2D eigenvalue weighted by atomic mass is 9.95. The minimum atomic E-state index is -0.341. The van der Waals surface area contributed by atoms with Crippen LogP contribution in [0.5, 0.6) is 5.88 Å². The van der Waals surface area contributed by atoms with Gasteiger partial charge in [-0.05, 0) is 5.56 Å². The number of aromatic nitrogens is 2. The third kappa shape index (κ3) is 2.62. The molecule has 0 fully saturated rings. The van der Waals surface area contributed by atoms with Gasteiger partial charge < -0.3 is 4.74 Å². The van der Waals surface area contributed by atoms with Gasteiger partial charge in [-0.1, -0.05) is 67.6 Å². The van der Waals surface area contributed by atoms with E-state index in [9.17, 15) is 9.59 Å². The monoisotopic (exact) mass is 346 g/mol. The van der Waals surface area contributed by atoms with E-state index in [1.54, 1.807) is 6.92 Å². The molecule has 1 atom stereocenters. The molecule has 5 nitrogen and oxygen atoms in total. The Kier molecular flexibility index (Phi) is 4.13. The Hall–Kier alpha value is -3.21. The van der Waals surface area contributed by atoms with Gasteiger partial charge >= 0.3 is 0 Å². The van der Waals surface area contributed by atoms with Crippen LogP contribution in [0.1, 0.15) is 35.2 Å². The molecule has 0 saturated carbocycles. The van der Waals surface area contributed by atoms with Crippen molar-refractivity contribution < 1.29 is 9.53 Å². The Morgan fingerprint density at radius 1 is 1.12 bits per heavy atom. The normalized spacial score (nSPS) is 15.3. The molecule has 0 bridgehead atoms. The predicted octanol–water partition coefficient (Wildman–Crippen LogP) is 3.48. The van der Waals surface area contributed by atoms with Crippen molar-refractivity contribution in [2.75, 3.05) is 6.61 Å². The fourth-order valence-electron chi connectivity index (χ4n) is 3.29. The largest absolute Gasteiger partial charge is 0.476 e. The van der Waals surface area contributed by atoms with Crippen molar-refractivity contribution in [3.63, 3.8) is 0 Å². The van der Waals surface area contributed by atoms with Gasteiger partial charge in [0, 0.05) is 12.0 Å². The second-order valence-corrected chi connectivity index (χ2v) is 6.18. The topological polar surface area (TPSA) is 61.2 Å². The van der Waals surface area contributed by atoms with Gasteiger partial charge in [-0.2, -0.15) is 4.98 Å². The number of rotatable bonds is 3. The molecule has 0 spiro atoms. The van der Waals surface area contributed by atoms with Gasteiger partial charge in [-0.25, -0.2) is 4.57 Å². The van der Waals surface area contributed by atoms with Crippen LogP contribution in [0, 0.1) is 0 Å². The van der Waals surface area contributed by atoms with E-state index in [0.29, 0.717) is 29.4 Å². The SMILES string of the molecule is CCC(=O)n1c(-c2ccccc2)nc2c(c1=O)[C@H](c1ccccc1)CO2. The lowest BCUT2D eigenvalue weighted by Crippen LogP contribution is -2.31. The molecular formula is C21H18N2O3. The number of fused-ring (bicyclic) bond motifs is 1. The summed E-state index contributed by atoms with van der Waals surface area (Å²) >= 11 is 0. The first-order chi connectivity index (χ1) is 12.7. The van der Waals surface area contributed by atoms with Crippen molar-refractivity contribution in [3.8, 4) is 17.3 Å². The number of hydrogen-bond donors (Lipinski definition) is 0. The molecule has 0 N–H and O–H groups in total. The first-order valence-corrected chi connectivity index (χ1v) is 8.64. The van der Waals surface area contributed by atoms with Crippen LogP contribution in [-0.2, 0) is 0 Å². The molecule has 26 heavy (non-hydrogen) atoms. The van der Waals surface area contributed by atoms with Gasteiger partial charge in [-0.15, -0.1) is 0 Å². The van der Waals surface area contributed by atoms with Crippen molar-refractivity contribution in [2.45, 2.75) is 19.3 Å². The van der Waals surface area contributed by atoms with E-state index in [1.165, 1.54) is 4.57 Å². The highest BCUT2D eigenvalue weighted by atomic mass is 16.5. The summed E-state index contributed by atoms with van der Waals surface area (Å²) in [7, 11) is 0.